The van der Waals surface area contributed by atoms with E-state index in [2.05, 4.69) is 59.8 Å². The standard InChI is InChI=1S/C39H56O4/c1-8-28(25(2)3)12-9-26(4)32-15-16-33-31-14-13-29-24-30(19-21-38(29,5)34(31)20-22-39(32,33)6)43-37(41)18-11-27-10-17-35(40)36(23-27)42-7/h9-13,17-18,23,25-26,28,30-34,40H,8,14-16,19-22,24H2,1-7H3/t26-,28-,30-,31-,32+,33+,34-,38-,39+/m0/s1. The van der Waals surface area contributed by atoms with Crippen LogP contribution < -0.4 is 4.74 Å². The number of hydrogen-bond acceptors (Lipinski definition) is 4. The van der Waals surface area contributed by atoms with Crippen LogP contribution in [0, 0.1) is 52.3 Å². The molecule has 0 unspecified atom stereocenters. The number of methoxy groups -OCH3 is 1. The fourth-order valence-corrected chi connectivity index (χ4v) is 10.1. The summed E-state index contributed by atoms with van der Waals surface area (Å²) in [5, 5.41) is 9.82. The number of phenols is 1. The highest BCUT2D eigenvalue weighted by atomic mass is 16.5. The van der Waals surface area contributed by atoms with Gasteiger partial charge in [-0.2, -0.15) is 0 Å². The van der Waals surface area contributed by atoms with E-state index < -0.39 is 0 Å². The highest BCUT2D eigenvalue weighted by Gasteiger charge is 2.59. The molecule has 1 N–H and O–H groups in total. The van der Waals surface area contributed by atoms with Crippen LogP contribution in [0.4, 0.5) is 0 Å². The molecule has 236 valence electrons. The smallest absolute Gasteiger partial charge is 0.331 e. The van der Waals surface area contributed by atoms with Crippen LogP contribution in [-0.4, -0.2) is 24.3 Å². The molecule has 4 nitrogen and oxygen atoms in total. The zero-order valence-electron chi connectivity index (χ0n) is 27.8. The largest absolute Gasteiger partial charge is 0.504 e. The summed E-state index contributed by atoms with van der Waals surface area (Å²) in [4.78, 5) is 12.7. The SMILES string of the molecule is CC[C@@H](C=C[C@H](C)[C@H]1CC[C@@H]2[C@@H]3CC=C4C[C@@H](OC(=O)C=Cc5ccc(O)c(OC)c5)CC[C@]4(C)[C@H]3CC[C@@]21C)C(C)C. The van der Waals surface area contributed by atoms with Gasteiger partial charge in [0.2, 0.25) is 0 Å². The number of carbonyl (C=O) groups is 1. The molecule has 4 heteroatoms. The lowest BCUT2D eigenvalue weighted by atomic mass is 9.47. The average Bonchev–Trinajstić information content (AvgIpc) is 3.34. The summed E-state index contributed by atoms with van der Waals surface area (Å²) in [6.07, 6.45) is 21.6. The molecule has 4 aliphatic carbocycles. The van der Waals surface area contributed by atoms with Crippen molar-refractivity contribution < 1.29 is 19.4 Å². The van der Waals surface area contributed by atoms with Gasteiger partial charge in [-0.25, -0.2) is 4.79 Å². The Morgan fingerprint density at radius 2 is 1.86 bits per heavy atom. The van der Waals surface area contributed by atoms with Crippen molar-refractivity contribution >= 4 is 12.0 Å². The maximum atomic E-state index is 12.7. The van der Waals surface area contributed by atoms with Gasteiger partial charge in [0, 0.05) is 12.5 Å². The Labute approximate surface area is 261 Å². The second-order valence-electron chi connectivity index (χ2n) is 15.1. The van der Waals surface area contributed by atoms with Crippen LogP contribution in [0.25, 0.3) is 6.08 Å². The van der Waals surface area contributed by atoms with E-state index in [0.29, 0.717) is 28.9 Å². The molecular formula is C39H56O4. The van der Waals surface area contributed by atoms with Crippen LogP contribution in [0.3, 0.4) is 0 Å². The first-order valence-electron chi connectivity index (χ1n) is 17.1. The van der Waals surface area contributed by atoms with Crippen LogP contribution >= 0.6 is 0 Å². The first-order chi connectivity index (χ1) is 20.5. The number of hydrogen-bond donors (Lipinski definition) is 1. The van der Waals surface area contributed by atoms with E-state index >= 15 is 0 Å². The second-order valence-corrected chi connectivity index (χ2v) is 15.1. The Hall–Kier alpha value is -2.49. The summed E-state index contributed by atoms with van der Waals surface area (Å²) < 4.78 is 11.1. The Kier molecular flexibility index (Phi) is 9.54. The summed E-state index contributed by atoms with van der Waals surface area (Å²) in [6.45, 7) is 14.7. The number of ether oxygens (including phenoxy) is 2. The molecule has 3 fully saturated rings. The maximum absolute atomic E-state index is 12.7. The molecule has 0 amide bonds. The van der Waals surface area contributed by atoms with Crippen molar-refractivity contribution in [3.63, 3.8) is 0 Å². The Balaban J connectivity index is 1.22. The van der Waals surface area contributed by atoms with Gasteiger partial charge >= 0.3 is 5.97 Å². The predicted molar refractivity (Wildman–Crippen MR) is 176 cm³/mol. The number of allylic oxidation sites excluding steroid dienone is 3. The number of carbonyl (C=O) groups excluding carboxylic acids is 1. The molecule has 0 aliphatic heterocycles. The number of phenolic OH excluding ortho intramolecular Hbond substituents is 1. The number of benzene rings is 1. The van der Waals surface area contributed by atoms with Gasteiger partial charge in [-0.05, 0) is 127 Å². The van der Waals surface area contributed by atoms with Gasteiger partial charge in [-0.15, -0.1) is 0 Å². The molecule has 1 aromatic rings. The molecule has 0 saturated heterocycles. The zero-order chi connectivity index (χ0) is 30.9. The van der Waals surface area contributed by atoms with Crippen LogP contribution in [0.5, 0.6) is 11.5 Å². The van der Waals surface area contributed by atoms with Crippen LogP contribution in [-0.2, 0) is 9.53 Å². The maximum Gasteiger partial charge on any atom is 0.331 e. The van der Waals surface area contributed by atoms with Crippen molar-refractivity contribution in [1.29, 1.82) is 0 Å². The average molecular weight is 589 g/mol. The van der Waals surface area contributed by atoms with Gasteiger partial charge in [0.05, 0.1) is 7.11 Å². The monoisotopic (exact) mass is 588 g/mol. The van der Waals surface area contributed by atoms with Gasteiger partial charge in [0.25, 0.3) is 0 Å². The summed E-state index contributed by atoms with van der Waals surface area (Å²) in [5.41, 5.74) is 3.01. The normalized spacial score (nSPS) is 35.3. The first kappa shape index (κ1) is 31.9. The lowest BCUT2D eigenvalue weighted by Gasteiger charge is -2.58. The summed E-state index contributed by atoms with van der Waals surface area (Å²) in [5.74, 6) is 5.39. The molecule has 4 aliphatic rings. The lowest BCUT2D eigenvalue weighted by Crippen LogP contribution is -2.51. The lowest BCUT2D eigenvalue weighted by molar-refractivity contribution is -0.145. The van der Waals surface area contributed by atoms with E-state index in [1.807, 2.05) is 0 Å². The minimum Gasteiger partial charge on any atom is -0.504 e. The number of esters is 1. The van der Waals surface area contributed by atoms with Gasteiger partial charge in [-0.1, -0.05) is 71.4 Å². The van der Waals surface area contributed by atoms with Crippen LogP contribution in [0.2, 0.25) is 0 Å². The third-order valence-electron chi connectivity index (χ3n) is 12.7. The molecule has 5 rings (SSSR count). The van der Waals surface area contributed by atoms with Gasteiger partial charge in [-0.3, -0.25) is 0 Å². The van der Waals surface area contributed by atoms with Crippen LogP contribution in [0.15, 0.2) is 48.1 Å². The van der Waals surface area contributed by atoms with Crippen molar-refractivity contribution in [3.05, 3.63) is 53.6 Å². The van der Waals surface area contributed by atoms with Crippen LogP contribution in [0.1, 0.15) is 105 Å². The van der Waals surface area contributed by atoms with Crippen molar-refractivity contribution in [2.45, 2.75) is 105 Å². The molecule has 1 aromatic carbocycles. The third-order valence-corrected chi connectivity index (χ3v) is 12.7. The Bertz CT molecular complexity index is 1240. The van der Waals surface area contributed by atoms with E-state index in [1.54, 1.807) is 29.8 Å². The first-order valence-corrected chi connectivity index (χ1v) is 17.1. The summed E-state index contributed by atoms with van der Waals surface area (Å²) in [7, 11) is 1.52. The second kappa shape index (κ2) is 12.9. The fourth-order valence-electron chi connectivity index (χ4n) is 10.1. The van der Waals surface area contributed by atoms with E-state index in [-0.39, 0.29) is 23.2 Å². The molecule has 0 aromatic heterocycles. The van der Waals surface area contributed by atoms with Gasteiger partial charge in [0.1, 0.15) is 6.10 Å². The minimum atomic E-state index is -0.304. The quantitative estimate of drug-likeness (QED) is 0.177. The van der Waals surface area contributed by atoms with E-state index in [9.17, 15) is 9.90 Å². The minimum absolute atomic E-state index is 0.0579. The molecular weight excluding hydrogens is 532 g/mol. The third kappa shape index (κ3) is 6.22. The molecule has 9 atom stereocenters. The topological polar surface area (TPSA) is 55.8 Å². The number of fused-ring (bicyclic) bond motifs is 5. The fraction of sp³-hybridized carbons (Fsp3) is 0.667. The summed E-state index contributed by atoms with van der Waals surface area (Å²) >= 11 is 0. The Morgan fingerprint density at radius 3 is 2.58 bits per heavy atom. The highest BCUT2D eigenvalue weighted by molar-refractivity contribution is 5.87. The van der Waals surface area contributed by atoms with Crippen molar-refractivity contribution in [2.24, 2.45) is 52.3 Å². The molecule has 0 spiro atoms. The molecule has 43 heavy (non-hydrogen) atoms. The highest BCUT2D eigenvalue weighted by Crippen LogP contribution is 2.67. The van der Waals surface area contributed by atoms with Crippen molar-refractivity contribution in [3.8, 4) is 11.5 Å². The van der Waals surface area contributed by atoms with Crippen molar-refractivity contribution in [2.75, 3.05) is 7.11 Å². The van der Waals surface area contributed by atoms with E-state index in [0.717, 1.165) is 48.5 Å². The van der Waals surface area contributed by atoms with Crippen molar-refractivity contribution in [1.82, 2.24) is 0 Å². The predicted octanol–water partition coefficient (Wildman–Crippen LogP) is 9.78. The Morgan fingerprint density at radius 1 is 1.07 bits per heavy atom. The van der Waals surface area contributed by atoms with Gasteiger partial charge < -0.3 is 14.6 Å². The number of rotatable bonds is 9. The molecule has 0 radical (unpaired) electrons. The van der Waals surface area contributed by atoms with E-state index in [1.165, 1.54) is 51.7 Å². The molecule has 3 saturated carbocycles. The zero-order valence-corrected chi connectivity index (χ0v) is 27.8. The molecule has 0 heterocycles. The van der Waals surface area contributed by atoms with E-state index in [4.69, 9.17) is 9.47 Å². The molecule has 0 bridgehead atoms. The number of aromatic hydroxyl groups is 1. The van der Waals surface area contributed by atoms with Gasteiger partial charge in [0.15, 0.2) is 11.5 Å². The summed E-state index contributed by atoms with van der Waals surface area (Å²) in [6, 6.07) is 5.04.